The third-order valence-electron chi connectivity index (χ3n) is 5.84. The summed E-state index contributed by atoms with van der Waals surface area (Å²) in [4.78, 5) is 10.1. The van der Waals surface area contributed by atoms with Crippen LogP contribution in [0.2, 0.25) is 0 Å². The standard InChI is InChI=1S/C15H27O3P/c1-11(2)7-14(8-11)13(5,6)15(18-19(16)17-14)9-12(3,4)10-15/h16H,7-10H2,1-6H3. The van der Waals surface area contributed by atoms with Crippen LogP contribution in [0.4, 0.5) is 0 Å². The summed E-state index contributed by atoms with van der Waals surface area (Å²) in [7, 11) is -1.72. The maximum absolute atomic E-state index is 10.1. The van der Waals surface area contributed by atoms with Crippen LogP contribution in [-0.4, -0.2) is 16.1 Å². The van der Waals surface area contributed by atoms with Gasteiger partial charge in [0.25, 0.3) is 0 Å². The summed E-state index contributed by atoms with van der Waals surface area (Å²) in [5, 5.41) is 0. The first-order valence-electron chi connectivity index (χ1n) is 7.30. The van der Waals surface area contributed by atoms with E-state index in [9.17, 15) is 4.89 Å². The molecule has 0 bridgehead atoms. The van der Waals surface area contributed by atoms with Gasteiger partial charge in [0, 0.05) is 5.41 Å². The van der Waals surface area contributed by atoms with Crippen molar-refractivity contribution in [3.05, 3.63) is 0 Å². The van der Waals surface area contributed by atoms with Gasteiger partial charge >= 0.3 is 8.60 Å². The highest BCUT2D eigenvalue weighted by Gasteiger charge is 2.73. The van der Waals surface area contributed by atoms with Crippen molar-refractivity contribution in [2.45, 2.75) is 78.4 Å². The molecule has 1 saturated heterocycles. The van der Waals surface area contributed by atoms with Crippen molar-refractivity contribution in [2.24, 2.45) is 16.2 Å². The lowest BCUT2D eigenvalue weighted by atomic mass is 9.42. The lowest BCUT2D eigenvalue weighted by Crippen LogP contribution is -2.73. The van der Waals surface area contributed by atoms with Gasteiger partial charge in [0.2, 0.25) is 0 Å². The molecule has 0 aromatic rings. The van der Waals surface area contributed by atoms with Gasteiger partial charge in [-0.1, -0.05) is 41.5 Å². The average Bonchev–Trinajstić information content (AvgIpc) is 2.07. The zero-order chi connectivity index (χ0) is 14.3. The van der Waals surface area contributed by atoms with E-state index in [1.54, 1.807) is 0 Å². The summed E-state index contributed by atoms with van der Waals surface area (Å²) >= 11 is 0. The highest BCUT2D eigenvalue weighted by molar-refractivity contribution is 7.40. The van der Waals surface area contributed by atoms with E-state index in [2.05, 4.69) is 41.5 Å². The molecule has 1 heterocycles. The van der Waals surface area contributed by atoms with Crippen LogP contribution < -0.4 is 0 Å². The Morgan fingerprint density at radius 3 is 1.32 bits per heavy atom. The average molecular weight is 286 g/mol. The van der Waals surface area contributed by atoms with Crippen molar-refractivity contribution in [2.75, 3.05) is 0 Å². The molecule has 0 radical (unpaired) electrons. The fourth-order valence-electron chi connectivity index (χ4n) is 4.96. The van der Waals surface area contributed by atoms with E-state index in [0.717, 1.165) is 25.7 Å². The van der Waals surface area contributed by atoms with Crippen LogP contribution in [0, 0.1) is 16.2 Å². The van der Waals surface area contributed by atoms with E-state index in [4.69, 9.17) is 9.05 Å². The molecule has 19 heavy (non-hydrogen) atoms. The van der Waals surface area contributed by atoms with Crippen LogP contribution in [0.15, 0.2) is 0 Å². The summed E-state index contributed by atoms with van der Waals surface area (Å²) in [6, 6.07) is 0. The SMILES string of the molecule is CC1(C)CC2(C1)OP(O)OC1(CC(C)(C)C1)C2(C)C. The zero-order valence-corrected chi connectivity index (χ0v) is 13.9. The molecular weight excluding hydrogens is 259 g/mol. The summed E-state index contributed by atoms with van der Waals surface area (Å²) < 4.78 is 11.9. The minimum atomic E-state index is -1.72. The molecule has 0 aromatic heterocycles. The van der Waals surface area contributed by atoms with Crippen molar-refractivity contribution < 1.29 is 13.9 Å². The molecule has 4 heteroatoms. The second-order valence-corrected chi connectivity index (χ2v) is 9.91. The van der Waals surface area contributed by atoms with Crippen LogP contribution in [0.1, 0.15) is 67.2 Å². The van der Waals surface area contributed by atoms with Gasteiger partial charge in [-0.3, -0.25) is 0 Å². The smallest absolute Gasteiger partial charge is 0.328 e. The van der Waals surface area contributed by atoms with Crippen molar-refractivity contribution >= 4 is 8.60 Å². The fourth-order valence-corrected chi connectivity index (χ4v) is 6.31. The largest absolute Gasteiger partial charge is 0.331 e. The van der Waals surface area contributed by atoms with Crippen molar-refractivity contribution in [1.29, 1.82) is 0 Å². The van der Waals surface area contributed by atoms with Gasteiger partial charge < -0.3 is 13.9 Å². The molecule has 3 nitrogen and oxygen atoms in total. The van der Waals surface area contributed by atoms with Crippen LogP contribution in [0.3, 0.4) is 0 Å². The Morgan fingerprint density at radius 2 is 1.05 bits per heavy atom. The van der Waals surface area contributed by atoms with Gasteiger partial charge in [-0.15, -0.1) is 0 Å². The lowest BCUT2D eigenvalue weighted by Gasteiger charge is -2.72. The monoisotopic (exact) mass is 286 g/mol. The molecule has 2 saturated carbocycles. The maximum Gasteiger partial charge on any atom is 0.331 e. The maximum atomic E-state index is 10.1. The predicted octanol–water partition coefficient (Wildman–Crippen LogP) is 4.40. The topological polar surface area (TPSA) is 38.7 Å². The van der Waals surface area contributed by atoms with Gasteiger partial charge in [0.15, 0.2) is 0 Å². The summed E-state index contributed by atoms with van der Waals surface area (Å²) in [6.45, 7) is 13.7. The van der Waals surface area contributed by atoms with Crippen molar-refractivity contribution in [3.8, 4) is 0 Å². The molecule has 3 rings (SSSR count). The molecule has 0 amide bonds. The molecule has 1 aliphatic heterocycles. The van der Waals surface area contributed by atoms with E-state index < -0.39 is 8.60 Å². The van der Waals surface area contributed by atoms with Crippen LogP contribution in [-0.2, 0) is 9.05 Å². The second kappa shape index (κ2) is 3.55. The number of rotatable bonds is 0. The van der Waals surface area contributed by atoms with E-state index in [1.807, 2.05) is 0 Å². The molecule has 110 valence electrons. The zero-order valence-electron chi connectivity index (χ0n) is 13.0. The second-order valence-electron chi connectivity index (χ2n) is 9.07. The van der Waals surface area contributed by atoms with E-state index in [1.165, 1.54) is 0 Å². The molecule has 2 spiro atoms. The van der Waals surface area contributed by atoms with E-state index in [0.29, 0.717) is 10.8 Å². The molecular formula is C15H27O3P. The third-order valence-corrected chi connectivity index (χ3v) is 6.85. The quantitative estimate of drug-likeness (QED) is 0.671. The van der Waals surface area contributed by atoms with Crippen LogP contribution in [0.25, 0.3) is 0 Å². The molecule has 0 unspecified atom stereocenters. The van der Waals surface area contributed by atoms with Crippen LogP contribution >= 0.6 is 8.60 Å². The first-order valence-corrected chi connectivity index (χ1v) is 8.43. The molecule has 3 fully saturated rings. The Labute approximate surface area is 118 Å². The van der Waals surface area contributed by atoms with Gasteiger partial charge in [0.05, 0.1) is 11.2 Å². The highest BCUT2D eigenvalue weighted by Crippen LogP contribution is 2.75. The molecule has 1 N–H and O–H groups in total. The minimum absolute atomic E-state index is 0.0351. The molecule has 3 aliphatic rings. The minimum Gasteiger partial charge on any atom is -0.328 e. The Hall–Kier alpha value is 0.310. The molecule has 2 aliphatic carbocycles. The van der Waals surface area contributed by atoms with Gasteiger partial charge in [-0.05, 0) is 36.5 Å². The highest BCUT2D eigenvalue weighted by atomic mass is 31.2. The molecule has 0 atom stereocenters. The molecule has 0 aromatic carbocycles. The summed E-state index contributed by atoms with van der Waals surface area (Å²) in [5.41, 5.74) is 0.237. The summed E-state index contributed by atoms with van der Waals surface area (Å²) in [6.07, 6.45) is 4.10. The first kappa shape index (κ1) is 14.3. The van der Waals surface area contributed by atoms with Gasteiger partial charge in [-0.2, -0.15) is 0 Å². The Balaban J connectivity index is 1.92. The van der Waals surface area contributed by atoms with Crippen LogP contribution in [0.5, 0.6) is 0 Å². The number of hydrogen-bond donors (Lipinski definition) is 1. The first-order chi connectivity index (χ1) is 8.43. The lowest BCUT2D eigenvalue weighted by molar-refractivity contribution is -0.297. The third kappa shape index (κ3) is 1.78. The number of hydrogen-bond acceptors (Lipinski definition) is 3. The Bertz CT molecular complexity index is 351. The van der Waals surface area contributed by atoms with Crippen molar-refractivity contribution in [3.63, 3.8) is 0 Å². The van der Waals surface area contributed by atoms with E-state index in [-0.39, 0.29) is 16.6 Å². The van der Waals surface area contributed by atoms with Crippen molar-refractivity contribution in [1.82, 2.24) is 0 Å². The van der Waals surface area contributed by atoms with Gasteiger partial charge in [0.1, 0.15) is 0 Å². The fraction of sp³-hybridized carbons (Fsp3) is 1.00. The summed E-state index contributed by atoms with van der Waals surface area (Å²) in [5.74, 6) is 0. The van der Waals surface area contributed by atoms with E-state index >= 15 is 0 Å². The predicted molar refractivity (Wildman–Crippen MR) is 76.6 cm³/mol. The van der Waals surface area contributed by atoms with Gasteiger partial charge in [-0.25, -0.2) is 0 Å². The Morgan fingerprint density at radius 1 is 0.737 bits per heavy atom. The normalized spacial score (nSPS) is 39.6. The Kier molecular flexibility index (Phi) is 2.66.